The Bertz CT molecular complexity index is 1680. The molecule has 1 amide bonds. The number of carbonyl (C=O) groups excluding carboxylic acids is 1. The number of benzene rings is 3. The first kappa shape index (κ1) is 24.7. The maximum atomic E-state index is 14.1. The molecule has 1 N–H and O–H groups in total. The number of carbonyl (C=O) groups is 1. The van der Waals surface area contributed by atoms with Crippen molar-refractivity contribution in [2.24, 2.45) is 0 Å². The molecule has 0 unspecified atom stereocenters. The molecule has 0 radical (unpaired) electrons. The highest BCUT2D eigenvalue weighted by molar-refractivity contribution is 6.42. The van der Waals surface area contributed by atoms with E-state index in [4.69, 9.17) is 27.9 Å². The van der Waals surface area contributed by atoms with E-state index in [0.29, 0.717) is 27.2 Å². The van der Waals surface area contributed by atoms with Gasteiger partial charge in [0.2, 0.25) is 0 Å². The van der Waals surface area contributed by atoms with Crippen molar-refractivity contribution in [2.75, 3.05) is 12.4 Å². The van der Waals surface area contributed by atoms with Crippen LogP contribution in [0.5, 0.6) is 5.75 Å². The summed E-state index contributed by atoms with van der Waals surface area (Å²) in [5.41, 5.74) is 8.61. The van der Waals surface area contributed by atoms with Gasteiger partial charge in [0.05, 0.1) is 28.5 Å². The molecule has 5 nitrogen and oxygen atoms in total. The van der Waals surface area contributed by atoms with Crippen LogP contribution in [-0.2, 0) is 13.0 Å². The summed E-state index contributed by atoms with van der Waals surface area (Å²) in [7, 11) is 1.60. The van der Waals surface area contributed by atoms with Crippen LogP contribution in [-0.4, -0.2) is 22.0 Å². The number of nitrogens with one attached hydrogen (secondary N) is 1. The largest absolute Gasteiger partial charge is 0.495 e. The number of aromatic nitrogens is 2. The molecule has 1 aliphatic heterocycles. The molecule has 0 saturated carbocycles. The van der Waals surface area contributed by atoms with Gasteiger partial charge in [0.25, 0.3) is 5.91 Å². The molecule has 1 aliphatic rings. The summed E-state index contributed by atoms with van der Waals surface area (Å²) in [5.74, 6) is 0.422. The predicted molar refractivity (Wildman–Crippen MR) is 155 cm³/mol. The maximum Gasteiger partial charge on any atom is 0.273 e. The third-order valence-corrected chi connectivity index (χ3v) is 8.00. The summed E-state index contributed by atoms with van der Waals surface area (Å²) in [6.07, 6.45) is 5.02. The van der Waals surface area contributed by atoms with Gasteiger partial charge in [-0.15, -0.1) is 0 Å². The van der Waals surface area contributed by atoms with Gasteiger partial charge in [0.15, 0.2) is 0 Å². The van der Waals surface area contributed by atoms with Crippen LogP contribution < -0.4 is 10.1 Å². The second kappa shape index (κ2) is 9.90. The number of hydrogen-bond donors (Lipinski definition) is 1. The average molecular weight is 544 g/mol. The average Bonchev–Trinajstić information content (AvgIpc) is 3.34. The standard InChI is InChI=1S/C31H27Cl2N3O2/c1-19-10-12-20(13-11-19)28-22-7-5-6-16-35-26(21-14-15-23(32)24(33)17-21)18-36(31(22)35)29(28)30(37)34-25-8-3-4-9-27(25)38-2/h3-4,8-15,17-18H,5-7,16H2,1-2H3,(H,34,37). The maximum absolute atomic E-state index is 14.1. The monoisotopic (exact) mass is 543 g/mol. The highest BCUT2D eigenvalue weighted by Crippen LogP contribution is 2.40. The van der Waals surface area contributed by atoms with Crippen LogP contribution in [0.4, 0.5) is 5.69 Å². The number of amides is 1. The zero-order chi connectivity index (χ0) is 26.4. The highest BCUT2D eigenvalue weighted by atomic mass is 35.5. The molecule has 6 rings (SSSR count). The number of aryl methyl sites for hydroxylation is 3. The Hall–Kier alpha value is -3.67. The summed E-state index contributed by atoms with van der Waals surface area (Å²) < 4.78 is 9.88. The molecule has 3 aromatic carbocycles. The first-order chi connectivity index (χ1) is 18.5. The van der Waals surface area contributed by atoms with Crippen LogP contribution >= 0.6 is 23.2 Å². The normalized spacial score (nSPS) is 12.9. The quantitative estimate of drug-likeness (QED) is 0.242. The molecular formula is C31H27Cl2N3O2. The van der Waals surface area contributed by atoms with Gasteiger partial charge in [-0.1, -0.05) is 71.2 Å². The SMILES string of the molecule is COc1ccccc1NC(=O)c1c(-c2ccc(C)cc2)c2c3n(c(-c4ccc(Cl)c(Cl)c4)cn13)CCCC2. The minimum Gasteiger partial charge on any atom is -0.495 e. The first-order valence-corrected chi connectivity index (χ1v) is 13.4. The Morgan fingerprint density at radius 3 is 2.47 bits per heavy atom. The smallest absolute Gasteiger partial charge is 0.273 e. The van der Waals surface area contributed by atoms with Crippen LogP contribution in [0, 0.1) is 6.92 Å². The second-order valence-electron chi connectivity index (χ2n) is 9.67. The van der Waals surface area contributed by atoms with E-state index in [0.717, 1.165) is 53.8 Å². The lowest BCUT2D eigenvalue weighted by Crippen LogP contribution is -2.16. The van der Waals surface area contributed by atoms with Gasteiger partial charge in [-0.05, 0) is 56.0 Å². The number of ether oxygens (including phenoxy) is 1. The number of nitrogens with zero attached hydrogens (tertiary/aromatic N) is 2. The van der Waals surface area contributed by atoms with Gasteiger partial charge in [-0.3, -0.25) is 9.20 Å². The zero-order valence-electron chi connectivity index (χ0n) is 21.2. The molecule has 5 aromatic rings. The van der Waals surface area contributed by atoms with Gasteiger partial charge < -0.3 is 14.6 Å². The lowest BCUT2D eigenvalue weighted by atomic mass is 9.97. The van der Waals surface area contributed by atoms with Gasteiger partial charge in [0.1, 0.15) is 17.1 Å². The lowest BCUT2D eigenvalue weighted by molar-refractivity contribution is 0.102. The van der Waals surface area contributed by atoms with Gasteiger partial charge in [-0.2, -0.15) is 0 Å². The Kier molecular flexibility index (Phi) is 6.42. The summed E-state index contributed by atoms with van der Waals surface area (Å²) in [6, 6.07) is 21.6. The molecule has 0 bridgehead atoms. The van der Waals surface area contributed by atoms with Crippen LogP contribution in [0.15, 0.2) is 72.9 Å². The van der Waals surface area contributed by atoms with Crippen molar-refractivity contribution < 1.29 is 9.53 Å². The topological polar surface area (TPSA) is 47.7 Å². The number of anilines is 1. The van der Waals surface area contributed by atoms with E-state index in [9.17, 15) is 4.79 Å². The Labute approximate surface area is 231 Å². The predicted octanol–water partition coefficient (Wildman–Crippen LogP) is 8.29. The fourth-order valence-electron chi connectivity index (χ4n) is 5.46. The molecule has 0 aliphatic carbocycles. The minimum absolute atomic E-state index is 0.190. The van der Waals surface area contributed by atoms with E-state index in [2.05, 4.69) is 51.7 Å². The molecule has 192 valence electrons. The van der Waals surface area contributed by atoms with Crippen molar-refractivity contribution in [1.82, 2.24) is 8.97 Å². The summed E-state index contributed by atoms with van der Waals surface area (Å²) in [6.45, 7) is 2.92. The van der Waals surface area contributed by atoms with Crippen LogP contribution in [0.1, 0.15) is 34.5 Å². The molecule has 2 aromatic heterocycles. The minimum atomic E-state index is -0.190. The summed E-state index contributed by atoms with van der Waals surface area (Å²) >= 11 is 12.6. The van der Waals surface area contributed by atoms with Gasteiger partial charge >= 0.3 is 0 Å². The highest BCUT2D eigenvalue weighted by Gasteiger charge is 2.30. The van der Waals surface area contributed by atoms with Crippen molar-refractivity contribution in [3.05, 3.63) is 99.8 Å². The van der Waals surface area contributed by atoms with Crippen molar-refractivity contribution in [1.29, 1.82) is 0 Å². The van der Waals surface area contributed by atoms with Crippen LogP contribution in [0.25, 0.3) is 28.0 Å². The van der Waals surface area contributed by atoms with Crippen LogP contribution in [0.3, 0.4) is 0 Å². The molecule has 0 atom stereocenters. The van der Waals surface area contributed by atoms with E-state index < -0.39 is 0 Å². The number of para-hydroxylation sites is 2. The van der Waals surface area contributed by atoms with Crippen LogP contribution in [0.2, 0.25) is 10.0 Å². The van der Waals surface area contributed by atoms with Crippen molar-refractivity contribution >= 4 is 40.4 Å². The molecule has 0 fully saturated rings. The number of methoxy groups -OCH3 is 1. The molecule has 38 heavy (non-hydrogen) atoms. The third kappa shape index (κ3) is 4.16. The fourth-order valence-corrected chi connectivity index (χ4v) is 5.75. The molecular weight excluding hydrogens is 517 g/mol. The van der Waals surface area contributed by atoms with E-state index in [1.54, 1.807) is 7.11 Å². The molecule has 0 saturated heterocycles. The first-order valence-electron chi connectivity index (χ1n) is 12.7. The second-order valence-corrected chi connectivity index (χ2v) is 10.5. The number of halogens is 2. The van der Waals surface area contributed by atoms with Crippen molar-refractivity contribution in [3.8, 4) is 28.1 Å². The van der Waals surface area contributed by atoms with Gasteiger partial charge in [-0.25, -0.2) is 0 Å². The fraction of sp³-hybridized carbons (Fsp3) is 0.194. The van der Waals surface area contributed by atoms with E-state index in [-0.39, 0.29) is 5.91 Å². The van der Waals surface area contributed by atoms with E-state index >= 15 is 0 Å². The number of rotatable bonds is 5. The summed E-state index contributed by atoms with van der Waals surface area (Å²) in [4.78, 5) is 14.1. The molecule has 0 spiro atoms. The Morgan fingerprint density at radius 1 is 0.947 bits per heavy atom. The van der Waals surface area contributed by atoms with Crippen molar-refractivity contribution in [2.45, 2.75) is 32.7 Å². The molecule has 3 heterocycles. The lowest BCUT2D eigenvalue weighted by Gasteiger charge is -2.12. The zero-order valence-corrected chi connectivity index (χ0v) is 22.7. The third-order valence-electron chi connectivity index (χ3n) is 7.26. The van der Waals surface area contributed by atoms with E-state index in [1.165, 1.54) is 11.1 Å². The molecule has 7 heteroatoms. The number of imidazole rings is 1. The van der Waals surface area contributed by atoms with Crippen molar-refractivity contribution in [3.63, 3.8) is 0 Å². The van der Waals surface area contributed by atoms with Gasteiger partial charge in [0, 0.05) is 29.4 Å². The summed E-state index contributed by atoms with van der Waals surface area (Å²) in [5, 5.41) is 4.14. The Morgan fingerprint density at radius 2 is 1.71 bits per heavy atom. The Balaban J connectivity index is 1.61. The van der Waals surface area contributed by atoms with E-state index in [1.807, 2.05) is 42.5 Å². The number of hydrogen-bond acceptors (Lipinski definition) is 2.